The predicted octanol–water partition coefficient (Wildman–Crippen LogP) is 1.78. The number of para-hydroxylation sites is 1. The molecule has 24 heavy (non-hydrogen) atoms. The maximum absolute atomic E-state index is 11.9. The number of carbonyl (C=O) groups is 1. The number of H-pyrrole nitrogens is 1. The van der Waals surface area contributed by atoms with Crippen molar-refractivity contribution in [3.8, 4) is 17.0 Å². The van der Waals surface area contributed by atoms with Gasteiger partial charge in [-0.05, 0) is 12.1 Å². The topological polar surface area (TPSA) is 65.6 Å². The van der Waals surface area contributed by atoms with Crippen LogP contribution in [0.25, 0.3) is 11.3 Å². The van der Waals surface area contributed by atoms with Gasteiger partial charge in [-0.25, -0.2) is 0 Å². The van der Waals surface area contributed by atoms with Gasteiger partial charge in [0.1, 0.15) is 5.75 Å². The average molecular weight is 347 g/mol. The van der Waals surface area contributed by atoms with Crippen LogP contribution in [0.2, 0.25) is 0 Å². The third kappa shape index (κ3) is 3.52. The van der Waals surface area contributed by atoms with Crippen molar-refractivity contribution in [1.82, 2.24) is 14.8 Å². The highest BCUT2D eigenvalue weighted by Gasteiger charge is 2.21. The Morgan fingerprint density at radius 1 is 1.25 bits per heavy atom. The van der Waals surface area contributed by atoms with Gasteiger partial charge in [-0.1, -0.05) is 23.5 Å². The van der Waals surface area contributed by atoms with Gasteiger partial charge in [0.2, 0.25) is 5.91 Å². The minimum atomic E-state index is -0.0618. The molecule has 3 rings (SSSR count). The molecule has 1 N–H and O–H groups in total. The molecule has 0 saturated carbocycles. The fourth-order valence-electron chi connectivity index (χ4n) is 2.96. The molecule has 7 heteroatoms. The van der Waals surface area contributed by atoms with Crippen molar-refractivity contribution in [3.05, 3.63) is 38.8 Å². The monoisotopic (exact) mass is 347 g/mol. The second-order valence-corrected chi connectivity index (χ2v) is 6.86. The Kier molecular flexibility index (Phi) is 5.01. The lowest BCUT2D eigenvalue weighted by Gasteiger charge is -2.34. The molecule has 1 aliphatic heterocycles. The van der Waals surface area contributed by atoms with Gasteiger partial charge < -0.3 is 14.6 Å². The molecule has 0 radical (unpaired) electrons. The Labute approximate surface area is 144 Å². The van der Waals surface area contributed by atoms with Crippen LogP contribution in [0.4, 0.5) is 0 Å². The number of benzene rings is 1. The van der Waals surface area contributed by atoms with Crippen molar-refractivity contribution in [1.29, 1.82) is 0 Å². The van der Waals surface area contributed by atoms with Gasteiger partial charge in [-0.2, -0.15) is 0 Å². The Bertz CT molecular complexity index is 775. The molecular weight excluding hydrogens is 326 g/mol. The highest BCUT2D eigenvalue weighted by Crippen LogP contribution is 2.32. The highest BCUT2D eigenvalue weighted by atomic mass is 32.1. The molecular formula is C17H21N3O3S. The minimum absolute atomic E-state index is 0.0618. The number of nitrogens with one attached hydrogen (secondary N) is 1. The summed E-state index contributed by atoms with van der Waals surface area (Å²) >= 11 is 1.24. The zero-order chi connectivity index (χ0) is 17.1. The highest BCUT2D eigenvalue weighted by molar-refractivity contribution is 7.09. The molecule has 0 spiro atoms. The standard InChI is InChI=1S/C17H21N3O3S/c1-12(21)20-9-7-19(8-10-20)11-15-16(18-17(22)24-15)13-5-3-4-6-14(13)23-2/h3-6H,7-11H2,1-2H3,(H,18,22). The number of thiazole rings is 1. The van der Waals surface area contributed by atoms with E-state index in [1.54, 1.807) is 14.0 Å². The van der Waals surface area contributed by atoms with Crippen LogP contribution in [0.3, 0.4) is 0 Å². The normalized spacial score (nSPS) is 15.5. The number of amides is 1. The van der Waals surface area contributed by atoms with Crippen LogP contribution >= 0.6 is 11.3 Å². The lowest BCUT2D eigenvalue weighted by atomic mass is 10.1. The summed E-state index contributed by atoms with van der Waals surface area (Å²) in [6, 6.07) is 7.69. The van der Waals surface area contributed by atoms with Crippen LogP contribution in [0.5, 0.6) is 5.75 Å². The Morgan fingerprint density at radius 2 is 1.96 bits per heavy atom. The van der Waals surface area contributed by atoms with E-state index >= 15 is 0 Å². The third-order valence-electron chi connectivity index (χ3n) is 4.28. The van der Waals surface area contributed by atoms with Crippen molar-refractivity contribution in [3.63, 3.8) is 0 Å². The number of rotatable bonds is 4. The van der Waals surface area contributed by atoms with E-state index in [-0.39, 0.29) is 10.8 Å². The average Bonchev–Trinajstić information content (AvgIpc) is 2.95. The first kappa shape index (κ1) is 16.7. The van der Waals surface area contributed by atoms with Gasteiger partial charge in [0.25, 0.3) is 0 Å². The summed E-state index contributed by atoms with van der Waals surface area (Å²) in [5.74, 6) is 0.866. The van der Waals surface area contributed by atoms with E-state index in [0.29, 0.717) is 6.54 Å². The SMILES string of the molecule is COc1ccccc1-c1[nH]c(=O)sc1CN1CCN(C(C)=O)CC1. The lowest BCUT2D eigenvalue weighted by Crippen LogP contribution is -2.47. The van der Waals surface area contributed by atoms with Gasteiger partial charge in [-0.15, -0.1) is 0 Å². The first-order chi connectivity index (χ1) is 11.6. The van der Waals surface area contributed by atoms with Crippen molar-refractivity contribution in [2.75, 3.05) is 33.3 Å². The number of hydrogen-bond donors (Lipinski definition) is 1. The fourth-order valence-corrected chi connectivity index (χ4v) is 3.85. The summed E-state index contributed by atoms with van der Waals surface area (Å²) in [6.45, 7) is 5.40. The largest absolute Gasteiger partial charge is 0.496 e. The lowest BCUT2D eigenvalue weighted by molar-refractivity contribution is -0.130. The van der Waals surface area contributed by atoms with E-state index in [4.69, 9.17) is 4.74 Å². The molecule has 6 nitrogen and oxygen atoms in total. The van der Waals surface area contributed by atoms with Crippen LogP contribution in [-0.2, 0) is 11.3 Å². The van der Waals surface area contributed by atoms with Crippen LogP contribution in [0.1, 0.15) is 11.8 Å². The molecule has 1 saturated heterocycles. The second-order valence-electron chi connectivity index (χ2n) is 5.80. The summed E-state index contributed by atoms with van der Waals surface area (Å²) in [4.78, 5) is 31.4. The van der Waals surface area contributed by atoms with E-state index < -0.39 is 0 Å². The Balaban J connectivity index is 1.81. The summed E-state index contributed by atoms with van der Waals surface area (Å²) < 4.78 is 5.42. The number of piperazine rings is 1. The molecule has 2 heterocycles. The molecule has 128 valence electrons. The minimum Gasteiger partial charge on any atom is -0.496 e. The molecule has 1 fully saturated rings. The van der Waals surface area contributed by atoms with Crippen molar-refractivity contribution < 1.29 is 9.53 Å². The fraction of sp³-hybridized carbons (Fsp3) is 0.412. The van der Waals surface area contributed by atoms with Gasteiger partial charge >= 0.3 is 4.87 Å². The summed E-state index contributed by atoms with van der Waals surface area (Å²) in [6.07, 6.45) is 0. The van der Waals surface area contributed by atoms with Crippen molar-refractivity contribution in [2.45, 2.75) is 13.5 Å². The van der Waals surface area contributed by atoms with Gasteiger partial charge in [-0.3, -0.25) is 14.5 Å². The number of carbonyl (C=O) groups excluding carboxylic acids is 1. The molecule has 0 bridgehead atoms. The zero-order valence-electron chi connectivity index (χ0n) is 13.9. The predicted molar refractivity (Wildman–Crippen MR) is 94.5 cm³/mol. The van der Waals surface area contributed by atoms with Gasteiger partial charge in [0.15, 0.2) is 0 Å². The number of ether oxygens (including phenoxy) is 1. The van der Waals surface area contributed by atoms with Gasteiger partial charge in [0.05, 0.1) is 12.8 Å². The van der Waals surface area contributed by atoms with Crippen LogP contribution < -0.4 is 9.61 Å². The Morgan fingerprint density at radius 3 is 2.62 bits per heavy atom. The molecule has 1 aliphatic rings. The van der Waals surface area contributed by atoms with Crippen molar-refractivity contribution >= 4 is 17.2 Å². The van der Waals surface area contributed by atoms with E-state index in [9.17, 15) is 9.59 Å². The smallest absolute Gasteiger partial charge is 0.305 e. The van der Waals surface area contributed by atoms with Crippen LogP contribution in [0, 0.1) is 0 Å². The maximum atomic E-state index is 11.9. The first-order valence-electron chi connectivity index (χ1n) is 7.91. The first-order valence-corrected chi connectivity index (χ1v) is 8.73. The molecule has 0 unspecified atom stereocenters. The third-order valence-corrected chi connectivity index (χ3v) is 5.15. The molecule has 0 aliphatic carbocycles. The quantitative estimate of drug-likeness (QED) is 0.916. The Hall–Kier alpha value is -2.12. The summed E-state index contributed by atoms with van der Waals surface area (Å²) in [5, 5.41) is 0. The number of hydrogen-bond acceptors (Lipinski definition) is 5. The molecule has 1 aromatic heterocycles. The number of methoxy groups -OCH3 is 1. The summed E-state index contributed by atoms with van der Waals surface area (Å²) in [7, 11) is 1.63. The van der Waals surface area contributed by atoms with E-state index in [2.05, 4.69) is 9.88 Å². The number of aromatic amines is 1. The molecule has 2 aromatic rings. The maximum Gasteiger partial charge on any atom is 0.305 e. The number of aromatic nitrogens is 1. The van der Waals surface area contributed by atoms with Crippen LogP contribution in [0.15, 0.2) is 29.1 Å². The molecule has 1 amide bonds. The number of nitrogens with zero attached hydrogens (tertiary/aromatic N) is 2. The van der Waals surface area contributed by atoms with E-state index in [1.165, 1.54) is 11.3 Å². The van der Waals surface area contributed by atoms with Gasteiger partial charge in [0, 0.05) is 50.1 Å². The second kappa shape index (κ2) is 7.19. The van der Waals surface area contributed by atoms with Crippen molar-refractivity contribution in [2.24, 2.45) is 0 Å². The molecule has 0 atom stereocenters. The van der Waals surface area contributed by atoms with Crippen LogP contribution in [-0.4, -0.2) is 54.0 Å². The van der Waals surface area contributed by atoms with E-state index in [1.807, 2.05) is 29.2 Å². The summed E-state index contributed by atoms with van der Waals surface area (Å²) in [5.41, 5.74) is 1.73. The zero-order valence-corrected chi connectivity index (χ0v) is 14.7. The van der Waals surface area contributed by atoms with E-state index in [0.717, 1.165) is 48.1 Å². The molecule has 1 aromatic carbocycles.